The van der Waals surface area contributed by atoms with Crippen LogP contribution in [-0.2, 0) is 9.59 Å². The van der Waals surface area contributed by atoms with Gasteiger partial charge in [0.25, 0.3) is 0 Å². The van der Waals surface area contributed by atoms with Crippen LogP contribution in [0.2, 0.25) is 0 Å². The molecule has 0 aromatic heterocycles. The first kappa shape index (κ1) is 8.50. The molecule has 0 heterocycles. The average Bonchev–Trinajstić information content (AvgIpc) is 1.85. The van der Waals surface area contributed by atoms with Crippen molar-refractivity contribution >= 4 is 11.9 Å². The maximum Gasteiger partial charge on any atom is 0.333 e. The zero-order chi connectivity index (χ0) is 8.36. The van der Waals surface area contributed by atoms with E-state index < -0.39 is 17.4 Å². The van der Waals surface area contributed by atoms with E-state index in [1.165, 1.54) is 0 Å². The van der Waals surface area contributed by atoms with Crippen molar-refractivity contribution in [3.63, 3.8) is 0 Å². The molecule has 0 unspecified atom stereocenters. The molecule has 2 N–H and O–H groups in total. The number of hydrogen-bond acceptors (Lipinski definition) is 2. The first-order valence-electron chi connectivity index (χ1n) is 2.39. The van der Waals surface area contributed by atoms with Gasteiger partial charge in [-0.2, -0.15) is 0 Å². The highest BCUT2D eigenvalue weighted by Gasteiger charge is 2.39. The summed E-state index contributed by atoms with van der Waals surface area (Å²) in [6.45, 7) is 0.956. The summed E-state index contributed by atoms with van der Waals surface area (Å²) in [6, 6.07) is 0. The normalized spacial score (nSPS) is 10.0. The predicted molar refractivity (Wildman–Crippen MR) is 32.2 cm³/mol. The molecule has 0 radical (unpaired) electrons. The smallest absolute Gasteiger partial charge is 0.333 e. The number of carbonyl (C=O) groups is 2. The van der Waals surface area contributed by atoms with Crippen molar-refractivity contribution in [3.05, 3.63) is 0 Å². The molecular formula is C6H6O4. The SMILES string of the molecule is C#CC(C)(C(=O)O)C(=O)O. The van der Waals surface area contributed by atoms with Crippen LogP contribution in [-0.4, -0.2) is 22.2 Å². The number of rotatable bonds is 2. The fraction of sp³-hybridized carbons (Fsp3) is 0.333. The third kappa shape index (κ3) is 1.08. The maximum absolute atomic E-state index is 10.2. The van der Waals surface area contributed by atoms with E-state index >= 15 is 0 Å². The van der Waals surface area contributed by atoms with Gasteiger partial charge in [0, 0.05) is 0 Å². The molecule has 4 heteroatoms. The second-order valence-electron chi connectivity index (χ2n) is 1.88. The van der Waals surface area contributed by atoms with Crippen LogP contribution in [0.4, 0.5) is 0 Å². The fourth-order valence-electron chi connectivity index (χ4n) is 0.215. The lowest BCUT2D eigenvalue weighted by Crippen LogP contribution is -2.34. The maximum atomic E-state index is 10.2. The Kier molecular flexibility index (Phi) is 2.04. The molecule has 0 aliphatic carbocycles. The lowest BCUT2D eigenvalue weighted by molar-refractivity contribution is -0.158. The second kappa shape index (κ2) is 2.40. The van der Waals surface area contributed by atoms with Gasteiger partial charge in [-0.15, -0.1) is 6.42 Å². The van der Waals surface area contributed by atoms with Crippen molar-refractivity contribution in [1.82, 2.24) is 0 Å². The van der Waals surface area contributed by atoms with Crippen LogP contribution in [0.5, 0.6) is 0 Å². The molecule has 0 aliphatic rings. The Hall–Kier alpha value is -1.50. The Balaban J connectivity index is 4.78. The van der Waals surface area contributed by atoms with E-state index in [1.54, 1.807) is 5.92 Å². The summed E-state index contributed by atoms with van der Waals surface area (Å²) in [5, 5.41) is 16.6. The summed E-state index contributed by atoms with van der Waals surface area (Å²) in [5.74, 6) is -1.37. The molecule has 0 atom stereocenters. The topological polar surface area (TPSA) is 74.6 Å². The van der Waals surface area contributed by atoms with Gasteiger partial charge in [-0.05, 0) is 6.92 Å². The highest BCUT2D eigenvalue weighted by molar-refractivity contribution is 6.01. The molecule has 0 amide bonds. The first-order chi connectivity index (χ1) is 4.45. The Morgan fingerprint density at radius 1 is 1.40 bits per heavy atom. The van der Waals surface area contributed by atoms with Gasteiger partial charge in [-0.1, -0.05) is 5.92 Å². The van der Waals surface area contributed by atoms with E-state index in [9.17, 15) is 9.59 Å². The molecule has 0 aromatic rings. The molecule has 0 fully saturated rings. The molecule has 0 spiro atoms. The van der Waals surface area contributed by atoms with Gasteiger partial charge in [-0.3, -0.25) is 0 Å². The van der Waals surface area contributed by atoms with E-state index in [2.05, 4.69) is 0 Å². The Morgan fingerprint density at radius 2 is 1.70 bits per heavy atom. The van der Waals surface area contributed by atoms with Crippen LogP contribution >= 0.6 is 0 Å². The van der Waals surface area contributed by atoms with Gasteiger partial charge in [0.2, 0.25) is 5.41 Å². The van der Waals surface area contributed by atoms with Crippen molar-refractivity contribution in [2.75, 3.05) is 0 Å². The van der Waals surface area contributed by atoms with Gasteiger partial charge in [-0.25, -0.2) is 9.59 Å². The minimum Gasteiger partial charge on any atom is -0.480 e. The van der Waals surface area contributed by atoms with E-state index in [0.29, 0.717) is 0 Å². The monoisotopic (exact) mass is 142 g/mol. The highest BCUT2D eigenvalue weighted by Crippen LogP contribution is 2.14. The minimum absolute atomic E-state index is 0.956. The minimum atomic E-state index is -2.10. The van der Waals surface area contributed by atoms with Crippen molar-refractivity contribution in [2.45, 2.75) is 6.92 Å². The molecule has 0 aromatic carbocycles. The average molecular weight is 142 g/mol. The third-order valence-corrected chi connectivity index (χ3v) is 1.14. The van der Waals surface area contributed by atoms with Gasteiger partial charge in [0.05, 0.1) is 0 Å². The lowest BCUT2D eigenvalue weighted by Gasteiger charge is -2.10. The van der Waals surface area contributed by atoms with Crippen molar-refractivity contribution in [1.29, 1.82) is 0 Å². The van der Waals surface area contributed by atoms with Gasteiger partial charge < -0.3 is 10.2 Å². The highest BCUT2D eigenvalue weighted by atomic mass is 16.4. The van der Waals surface area contributed by atoms with Crippen molar-refractivity contribution < 1.29 is 19.8 Å². The van der Waals surface area contributed by atoms with Gasteiger partial charge in [0.1, 0.15) is 0 Å². The lowest BCUT2D eigenvalue weighted by atomic mass is 9.93. The van der Waals surface area contributed by atoms with E-state index in [4.69, 9.17) is 16.6 Å². The first-order valence-corrected chi connectivity index (χ1v) is 2.39. The van der Waals surface area contributed by atoms with Crippen LogP contribution in [0.3, 0.4) is 0 Å². The molecule has 0 saturated heterocycles. The number of terminal acetylenes is 1. The quantitative estimate of drug-likeness (QED) is 0.413. The summed E-state index contributed by atoms with van der Waals surface area (Å²) in [4.78, 5) is 20.3. The van der Waals surface area contributed by atoms with Crippen LogP contribution in [0, 0.1) is 17.8 Å². The summed E-state index contributed by atoms with van der Waals surface area (Å²) in [5.41, 5.74) is -2.10. The molecular weight excluding hydrogens is 136 g/mol. The zero-order valence-electron chi connectivity index (χ0n) is 5.29. The Bertz CT molecular complexity index is 196. The molecule has 0 rings (SSSR count). The molecule has 10 heavy (non-hydrogen) atoms. The molecule has 0 saturated carbocycles. The molecule has 54 valence electrons. The van der Waals surface area contributed by atoms with E-state index in [-0.39, 0.29) is 0 Å². The molecule has 0 bridgehead atoms. The second-order valence-corrected chi connectivity index (χ2v) is 1.88. The summed E-state index contributed by atoms with van der Waals surface area (Å²) in [6.07, 6.45) is 4.70. The molecule has 0 aliphatic heterocycles. The van der Waals surface area contributed by atoms with Gasteiger partial charge in [0.15, 0.2) is 0 Å². The number of hydrogen-bond donors (Lipinski definition) is 2. The number of carboxylic acids is 2. The number of aliphatic carboxylic acids is 2. The third-order valence-electron chi connectivity index (χ3n) is 1.14. The Morgan fingerprint density at radius 3 is 1.70 bits per heavy atom. The summed E-state index contributed by atoms with van der Waals surface area (Å²) >= 11 is 0. The van der Waals surface area contributed by atoms with E-state index in [1.807, 2.05) is 0 Å². The molecule has 4 nitrogen and oxygen atoms in total. The van der Waals surface area contributed by atoms with Crippen LogP contribution in [0.25, 0.3) is 0 Å². The standard InChI is InChI=1S/C6H6O4/c1-3-6(2,4(7)8)5(9)10/h1H,2H3,(H,7,8)(H,9,10). The van der Waals surface area contributed by atoms with Crippen LogP contribution < -0.4 is 0 Å². The fourth-order valence-corrected chi connectivity index (χ4v) is 0.215. The van der Waals surface area contributed by atoms with E-state index in [0.717, 1.165) is 6.92 Å². The van der Waals surface area contributed by atoms with Crippen molar-refractivity contribution in [3.8, 4) is 12.3 Å². The van der Waals surface area contributed by atoms with Crippen LogP contribution in [0.15, 0.2) is 0 Å². The van der Waals surface area contributed by atoms with Crippen LogP contribution in [0.1, 0.15) is 6.92 Å². The summed E-state index contributed by atoms with van der Waals surface area (Å²) < 4.78 is 0. The van der Waals surface area contributed by atoms with Crippen molar-refractivity contribution in [2.24, 2.45) is 5.41 Å². The Labute approximate surface area is 57.5 Å². The predicted octanol–water partition coefficient (Wildman–Crippen LogP) is -0.205. The zero-order valence-corrected chi connectivity index (χ0v) is 5.29. The number of carboxylic acid groups (broad SMARTS) is 2. The summed E-state index contributed by atoms with van der Waals surface area (Å²) in [7, 11) is 0. The van der Waals surface area contributed by atoms with Gasteiger partial charge >= 0.3 is 11.9 Å². The largest absolute Gasteiger partial charge is 0.480 e.